The van der Waals surface area contributed by atoms with Crippen molar-refractivity contribution in [2.75, 3.05) is 0 Å². The maximum atomic E-state index is 11.6. The van der Waals surface area contributed by atoms with Crippen molar-refractivity contribution in [1.29, 1.82) is 0 Å². The van der Waals surface area contributed by atoms with Crippen molar-refractivity contribution in [2.45, 2.75) is 45.1 Å². The normalized spacial score (nSPS) is 17.5. The molecule has 0 aliphatic heterocycles. The number of pyridine rings is 1. The number of carbonyl (C=O) groups is 1. The monoisotopic (exact) mass is 204 g/mol. The van der Waals surface area contributed by atoms with E-state index in [9.17, 15) is 4.79 Å². The second kappa shape index (κ2) is 4.13. The lowest BCUT2D eigenvalue weighted by atomic mass is 10.1. The van der Waals surface area contributed by atoms with Crippen LogP contribution in [0.4, 0.5) is 0 Å². The zero-order chi connectivity index (χ0) is 10.8. The van der Waals surface area contributed by atoms with Gasteiger partial charge in [0.25, 0.3) is 0 Å². The summed E-state index contributed by atoms with van der Waals surface area (Å²) in [5.41, 5.74) is 1.38. The van der Waals surface area contributed by atoms with E-state index in [0.717, 1.165) is 5.92 Å². The van der Waals surface area contributed by atoms with E-state index < -0.39 is 0 Å². The Bertz CT molecular complexity index is 369. The van der Waals surface area contributed by atoms with E-state index in [1.165, 1.54) is 18.4 Å². The van der Waals surface area contributed by atoms with Crippen LogP contribution in [0.3, 0.4) is 0 Å². The maximum absolute atomic E-state index is 11.6. The van der Waals surface area contributed by atoms with Gasteiger partial charge in [0.15, 0.2) is 18.2 Å². The standard InChI is InChI=1S/C13H18NO/c1-3-13(15)10(2)14-8-4-5-12(9-14)11-6-7-11/h4-5,8-11H,3,6-7H2,1-2H3/q+1. The summed E-state index contributed by atoms with van der Waals surface area (Å²) in [7, 11) is 0. The summed E-state index contributed by atoms with van der Waals surface area (Å²) in [5, 5.41) is 0. The van der Waals surface area contributed by atoms with Crippen LogP contribution >= 0.6 is 0 Å². The molecule has 0 amide bonds. The summed E-state index contributed by atoms with van der Waals surface area (Å²) in [6.07, 6.45) is 7.35. The fourth-order valence-corrected chi connectivity index (χ4v) is 1.87. The highest BCUT2D eigenvalue weighted by Gasteiger charge is 2.27. The van der Waals surface area contributed by atoms with E-state index in [1.54, 1.807) is 0 Å². The van der Waals surface area contributed by atoms with Gasteiger partial charge in [0, 0.05) is 25.0 Å². The Morgan fingerprint density at radius 1 is 1.60 bits per heavy atom. The van der Waals surface area contributed by atoms with Crippen LogP contribution in [0.5, 0.6) is 0 Å². The summed E-state index contributed by atoms with van der Waals surface area (Å²) < 4.78 is 2.04. The van der Waals surface area contributed by atoms with Gasteiger partial charge in [-0.1, -0.05) is 6.92 Å². The lowest BCUT2D eigenvalue weighted by Crippen LogP contribution is -2.41. The summed E-state index contributed by atoms with van der Waals surface area (Å²) in [5.74, 6) is 1.05. The van der Waals surface area contributed by atoms with Crippen molar-refractivity contribution in [2.24, 2.45) is 0 Å². The minimum absolute atomic E-state index is 0.0197. The van der Waals surface area contributed by atoms with E-state index in [-0.39, 0.29) is 6.04 Å². The molecule has 15 heavy (non-hydrogen) atoms. The van der Waals surface area contributed by atoms with Gasteiger partial charge in [-0.3, -0.25) is 4.79 Å². The molecule has 0 radical (unpaired) electrons. The van der Waals surface area contributed by atoms with Gasteiger partial charge in [-0.2, -0.15) is 4.57 Å². The molecule has 1 aliphatic carbocycles. The molecular weight excluding hydrogens is 186 g/mol. The van der Waals surface area contributed by atoms with Crippen molar-refractivity contribution in [3.05, 3.63) is 30.1 Å². The van der Waals surface area contributed by atoms with E-state index in [4.69, 9.17) is 0 Å². The number of carbonyl (C=O) groups excluding carboxylic acids is 1. The summed E-state index contributed by atoms with van der Waals surface area (Å²) in [6.45, 7) is 3.90. The van der Waals surface area contributed by atoms with E-state index >= 15 is 0 Å². The maximum Gasteiger partial charge on any atom is 0.213 e. The molecule has 1 aromatic rings. The van der Waals surface area contributed by atoms with Crippen molar-refractivity contribution in [3.63, 3.8) is 0 Å². The molecule has 1 unspecified atom stereocenters. The number of nitrogens with zero attached hydrogens (tertiary/aromatic N) is 1. The van der Waals surface area contributed by atoms with E-state index in [1.807, 2.05) is 30.7 Å². The van der Waals surface area contributed by atoms with Crippen LogP contribution in [0, 0.1) is 0 Å². The van der Waals surface area contributed by atoms with Gasteiger partial charge < -0.3 is 0 Å². The summed E-state index contributed by atoms with van der Waals surface area (Å²) in [4.78, 5) is 11.6. The first-order valence-corrected chi connectivity index (χ1v) is 5.75. The molecule has 80 valence electrons. The third kappa shape index (κ3) is 2.25. The molecule has 1 saturated carbocycles. The topological polar surface area (TPSA) is 20.9 Å². The van der Waals surface area contributed by atoms with Gasteiger partial charge in [-0.25, -0.2) is 0 Å². The van der Waals surface area contributed by atoms with Gasteiger partial charge in [-0.05, 0) is 24.8 Å². The molecule has 2 rings (SSSR count). The van der Waals surface area contributed by atoms with Crippen molar-refractivity contribution >= 4 is 5.78 Å². The summed E-state index contributed by atoms with van der Waals surface area (Å²) >= 11 is 0. The second-order valence-corrected chi connectivity index (χ2v) is 4.35. The number of rotatable bonds is 4. The van der Waals surface area contributed by atoms with Gasteiger partial charge in [0.2, 0.25) is 6.04 Å². The van der Waals surface area contributed by atoms with Crippen molar-refractivity contribution in [1.82, 2.24) is 0 Å². The quantitative estimate of drug-likeness (QED) is 0.690. The Labute approximate surface area is 90.9 Å². The SMILES string of the molecule is CCC(=O)C(C)[n+]1cccc(C2CC2)c1. The molecule has 0 aromatic carbocycles. The Balaban J connectivity index is 2.19. The van der Waals surface area contributed by atoms with Gasteiger partial charge in [0.05, 0.1) is 0 Å². The number of hydrogen-bond donors (Lipinski definition) is 0. The Morgan fingerprint density at radius 3 is 2.93 bits per heavy atom. The average Bonchev–Trinajstić information content (AvgIpc) is 3.11. The summed E-state index contributed by atoms with van der Waals surface area (Å²) in [6, 6.07) is 4.19. The van der Waals surface area contributed by atoms with Crippen LogP contribution in [-0.4, -0.2) is 5.78 Å². The van der Waals surface area contributed by atoms with Gasteiger partial charge in [-0.15, -0.1) is 0 Å². The van der Waals surface area contributed by atoms with Crippen LogP contribution in [0.25, 0.3) is 0 Å². The predicted octanol–water partition coefficient (Wildman–Crippen LogP) is 2.39. The number of hydrogen-bond acceptors (Lipinski definition) is 1. The molecule has 1 atom stereocenters. The molecule has 0 spiro atoms. The van der Waals surface area contributed by atoms with Crippen LogP contribution in [-0.2, 0) is 4.79 Å². The molecule has 0 bridgehead atoms. The zero-order valence-corrected chi connectivity index (χ0v) is 9.44. The molecule has 1 heterocycles. The molecule has 1 aromatic heterocycles. The molecule has 2 nitrogen and oxygen atoms in total. The molecular formula is C13H18NO+. The first kappa shape index (κ1) is 10.3. The lowest BCUT2D eigenvalue weighted by molar-refractivity contribution is -0.706. The van der Waals surface area contributed by atoms with Crippen LogP contribution < -0.4 is 4.57 Å². The molecule has 2 heteroatoms. The number of ketones is 1. The average molecular weight is 204 g/mol. The molecule has 0 N–H and O–H groups in total. The lowest BCUT2D eigenvalue weighted by Gasteiger charge is -2.05. The Morgan fingerprint density at radius 2 is 2.33 bits per heavy atom. The molecule has 0 saturated heterocycles. The largest absolute Gasteiger partial charge is 0.292 e. The highest BCUT2D eigenvalue weighted by molar-refractivity contribution is 5.80. The minimum atomic E-state index is -0.0197. The predicted molar refractivity (Wildman–Crippen MR) is 58.6 cm³/mol. The number of Topliss-reactive ketones (excluding diaryl/α,β-unsaturated/α-hetero) is 1. The van der Waals surface area contributed by atoms with Crippen LogP contribution in [0.1, 0.15) is 50.6 Å². The van der Waals surface area contributed by atoms with E-state index in [2.05, 4.69) is 12.3 Å². The van der Waals surface area contributed by atoms with Gasteiger partial charge >= 0.3 is 0 Å². The Hall–Kier alpha value is -1.18. The Kier molecular flexibility index (Phi) is 2.85. The highest BCUT2D eigenvalue weighted by atomic mass is 16.1. The molecule has 1 aliphatic rings. The van der Waals surface area contributed by atoms with E-state index in [0.29, 0.717) is 12.2 Å². The second-order valence-electron chi connectivity index (χ2n) is 4.35. The molecule has 1 fully saturated rings. The van der Waals surface area contributed by atoms with Crippen molar-refractivity contribution < 1.29 is 9.36 Å². The third-order valence-corrected chi connectivity index (χ3v) is 3.16. The highest BCUT2D eigenvalue weighted by Crippen LogP contribution is 2.39. The fraction of sp³-hybridized carbons (Fsp3) is 0.538. The minimum Gasteiger partial charge on any atom is -0.292 e. The third-order valence-electron chi connectivity index (χ3n) is 3.16. The van der Waals surface area contributed by atoms with Crippen molar-refractivity contribution in [3.8, 4) is 0 Å². The van der Waals surface area contributed by atoms with Crippen LogP contribution in [0.2, 0.25) is 0 Å². The smallest absolute Gasteiger partial charge is 0.213 e. The van der Waals surface area contributed by atoms with Crippen LogP contribution in [0.15, 0.2) is 24.5 Å². The number of aromatic nitrogens is 1. The first-order chi connectivity index (χ1) is 7.22. The first-order valence-electron chi connectivity index (χ1n) is 5.75. The fourth-order valence-electron chi connectivity index (χ4n) is 1.87. The zero-order valence-electron chi connectivity index (χ0n) is 9.44. The van der Waals surface area contributed by atoms with Gasteiger partial charge in [0.1, 0.15) is 0 Å².